The summed E-state index contributed by atoms with van der Waals surface area (Å²) in [4.78, 5) is 4.36. The van der Waals surface area contributed by atoms with E-state index in [1.54, 1.807) is 0 Å². The third-order valence-electron chi connectivity index (χ3n) is 6.26. The fraction of sp³-hybridized carbons (Fsp3) is 0.762. The molecule has 25 heavy (non-hydrogen) atoms. The average Bonchev–Trinajstić information content (AvgIpc) is 3.20. The number of rotatable bonds is 8. The molecule has 2 aliphatic rings. The highest BCUT2D eigenvalue weighted by molar-refractivity contribution is 5.21. The van der Waals surface area contributed by atoms with Crippen LogP contribution in [-0.2, 0) is 15.1 Å². The highest BCUT2D eigenvalue weighted by atomic mass is 16.5. The van der Waals surface area contributed by atoms with Crippen LogP contribution < -0.4 is 5.32 Å². The minimum absolute atomic E-state index is 0.293. The Labute approximate surface area is 152 Å². The van der Waals surface area contributed by atoms with Gasteiger partial charge >= 0.3 is 0 Å². The van der Waals surface area contributed by atoms with Gasteiger partial charge in [-0.15, -0.1) is 0 Å². The van der Waals surface area contributed by atoms with Crippen LogP contribution in [0.1, 0.15) is 57.4 Å². The largest absolute Gasteiger partial charge is 0.373 e. The van der Waals surface area contributed by atoms with Gasteiger partial charge in [0.25, 0.3) is 0 Å². The van der Waals surface area contributed by atoms with E-state index in [1.165, 1.54) is 50.5 Å². The number of pyridine rings is 1. The lowest BCUT2D eigenvalue weighted by Crippen LogP contribution is -2.47. The van der Waals surface area contributed by atoms with Crippen LogP contribution in [0.5, 0.6) is 0 Å². The zero-order chi connectivity index (χ0) is 17.5. The van der Waals surface area contributed by atoms with E-state index in [2.05, 4.69) is 23.3 Å². The van der Waals surface area contributed by atoms with Gasteiger partial charge in [-0.25, -0.2) is 0 Å². The molecule has 0 spiro atoms. The van der Waals surface area contributed by atoms with Crippen LogP contribution in [0.15, 0.2) is 24.5 Å². The summed E-state index contributed by atoms with van der Waals surface area (Å²) >= 11 is 0. The molecule has 1 aromatic rings. The van der Waals surface area contributed by atoms with Crippen LogP contribution in [0.4, 0.5) is 0 Å². The lowest BCUT2D eigenvalue weighted by molar-refractivity contribution is -0.143. The highest BCUT2D eigenvalue weighted by Gasteiger charge is 2.43. The van der Waals surface area contributed by atoms with E-state index >= 15 is 0 Å². The Morgan fingerprint density at radius 3 is 2.80 bits per heavy atom. The van der Waals surface area contributed by atoms with E-state index in [0.29, 0.717) is 24.5 Å². The molecule has 1 aliphatic heterocycles. The van der Waals surface area contributed by atoms with Crippen LogP contribution in [0, 0.1) is 11.8 Å². The normalized spacial score (nSPS) is 27.3. The molecule has 4 heteroatoms. The number of ether oxygens (including phenoxy) is 2. The Balaban J connectivity index is 1.77. The molecule has 1 saturated carbocycles. The molecule has 140 valence electrons. The highest BCUT2D eigenvalue weighted by Crippen LogP contribution is 2.43. The van der Waals surface area contributed by atoms with Crippen molar-refractivity contribution in [3.05, 3.63) is 30.1 Å². The van der Waals surface area contributed by atoms with E-state index in [-0.39, 0.29) is 5.60 Å². The topological polar surface area (TPSA) is 43.4 Å². The van der Waals surface area contributed by atoms with Gasteiger partial charge in [-0.1, -0.05) is 32.3 Å². The Bertz CT molecular complexity index is 502. The molecule has 3 rings (SSSR count). The summed E-state index contributed by atoms with van der Waals surface area (Å²) in [5, 5.41) is 3.51. The smallest absolute Gasteiger partial charge is 0.120 e. The molecule has 1 saturated heterocycles. The van der Waals surface area contributed by atoms with E-state index in [1.807, 2.05) is 25.6 Å². The van der Waals surface area contributed by atoms with Gasteiger partial charge in [-0.3, -0.25) is 4.98 Å². The van der Waals surface area contributed by atoms with Crippen molar-refractivity contribution in [3.63, 3.8) is 0 Å². The summed E-state index contributed by atoms with van der Waals surface area (Å²) in [5.74, 6) is 1.18. The van der Waals surface area contributed by atoms with Crippen LogP contribution >= 0.6 is 0 Å². The zero-order valence-corrected chi connectivity index (χ0v) is 15.9. The van der Waals surface area contributed by atoms with Crippen molar-refractivity contribution in [2.24, 2.45) is 11.8 Å². The van der Waals surface area contributed by atoms with Crippen LogP contribution in [-0.4, -0.2) is 37.9 Å². The van der Waals surface area contributed by atoms with Crippen molar-refractivity contribution < 1.29 is 9.47 Å². The van der Waals surface area contributed by atoms with Crippen molar-refractivity contribution in [2.75, 3.05) is 26.8 Å². The monoisotopic (exact) mass is 346 g/mol. The van der Waals surface area contributed by atoms with Crippen molar-refractivity contribution in [2.45, 2.75) is 63.6 Å². The van der Waals surface area contributed by atoms with Crippen LogP contribution in [0.2, 0.25) is 0 Å². The molecular formula is C21H34N2O2. The van der Waals surface area contributed by atoms with Gasteiger partial charge in [-0.2, -0.15) is 0 Å². The van der Waals surface area contributed by atoms with Gasteiger partial charge in [0.2, 0.25) is 0 Å². The fourth-order valence-corrected chi connectivity index (χ4v) is 4.80. The molecule has 2 fully saturated rings. The molecular weight excluding hydrogens is 312 g/mol. The van der Waals surface area contributed by atoms with Crippen molar-refractivity contribution >= 4 is 0 Å². The Morgan fingerprint density at radius 2 is 2.12 bits per heavy atom. The molecule has 4 nitrogen and oxygen atoms in total. The molecule has 2 heterocycles. The van der Waals surface area contributed by atoms with Crippen LogP contribution in [0.25, 0.3) is 0 Å². The maximum atomic E-state index is 6.56. The number of piperidine rings is 1. The summed E-state index contributed by atoms with van der Waals surface area (Å²) < 4.78 is 12.8. The first-order chi connectivity index (χ1) is 12.3. The van der Waals surface area contributed by atoms with E-state index in [0.717, 1.165) is 13.1 Å². The van der Waals surface area contributed by atoms with Crippen molar-refractivity contribution in [3.8, 4) is 0 Å². The second kappa shape index (κ2) is 9.11. The summed E-state index contributed by atoms with van der Waals surface area (Å²) in [6.07, 6.45) is 12.8. The fourth-order valence-electron chi connectivity index (χ4n) is 4.80. The molecule has 0 amide bonds. The Kier molecular flexibility index (Phi) is 6.85. The van der Waals surface area contributed by atoms with E-state index in [9.17, 15) is 0 Å². The Morgan fingerprint density at radius 1 is 1.28 bits per heavy atom. The summed E-state index contributed by atoms with van der Waals surface area (Å²) in [7, 11) is 1.84. The molecule has 0 bridgehead atoms. The predicted molar refractivity (Wildman–Crippen MR) is 101 cm³/mol. The van der Waals surface area contributed by atoms with Gasteiger partial charge in [-0.05, 0) is 50.1 Å². The maximum Gasteiger partial charge on any atom is 0.120 e. The standard InChI is InChI=1S/C21H34N2O2/c1-3-7-17-11-13-23-15-20(17)25-16-21(24-2,18-8-4-5-9-18)19-10-6-12-22-14-19/h6,10,12,14,17-18,20,23H,3-5,7-9,11,13,15-16H2,1-2H3. The van der Waals surface area contributed by atoms with Gasteiger partial charge in [0.1, 0.15) is 5.60 Å². The average molecular weight is 347 g/mol. The van der Waals surface area contributed by atoms with Gasteiger partial charge < -0.3 is 14.8 Å². The molecule has 1 aliphatic carbocycles. The molecule has 0 aromatic carbocycles. The first-order valence-electron chi connectivity index (χ1n) is 10.1. The second-order valence-electron chi connectivity index (χ2n) is 7.71. The molecule has 1 N–H and O–H groups in total. The second-order valence-corrected chi connectivity index (χ2v) is 7.71. The number of hydrogen-bond donors (Lipinski definition) is 1. The molecule has 1 aromatic heterocycles. The number of aromatic nitrogens is 1. The minimum atomic E-state index is -0.362. The van der Waals surface area contributed by atoms with Gasteiger partial charge in [0.05, 0.1) is 12.7 Å². The first-order valence-corrected chi connectivity index (χ1v) is 10.1. The minimum Gasteiger partial charge on any atom is -0.373 e. The number of methoxy groups -OCH3 is 1. The van der Waals surface area contributed by atoms with Crippen molar-refractivity contribution in [1.29, 1.82) is 0 Å². The van der Waals surface area contributed by atoms with E-state index in [4.69, 9.17) is 9.47 Å². The quantitative estimate of drug-likeness (QED) is 0.775. The maximum absolute atomic E-state index is 6.56. The number of nitrogens with one attached hydrogen (secondary N) is 1. The molecule has 0 radical (unpaired) electrons. The lowest BCUT2D eigenvalue weighted by atomic mass is 9.81. The predicted octanol–water partition coefficient (Wildman–Crippen LogP) is 3.91. The summed E-state index contributed by atoms with van der Waals surface area (Å²) in [6, 6.07) is 4.17. The molecule has 3 unspecified atom stereocenters. The third-order valence-corrected chi connectivity index (χ3v) is 6.26. The Hall–Kier alpha value is -0.970. The SMILES string of the molecule is CCCC1CCNCC1OCC(OC)(c1cccnc1)C1CCCC1. The van der Waals surface area contributed by atoms with Gasteiger partial charge in [0.15, 0.2) is 0 Å². The first kappa shape index (κ1) is 18.8. The van der Waals surface area contributed by atoms with E-state index < -0.39 is 0 Å². The lowest BCUT2D eigenvalue weighted by Gasteiger charge is -2.41. The number of nitrogens with zero attached hydrogens (tertiary/aromatic N) is 1. The van der Waals surface area contributed by atoms with Crippen LogP contribution in [0.3, 0.4) is 0 Å². The third kappa shape index (κ3) is 4.24. The molecule has 3 atom stereocenters. The van der Waals surface area contributed by atoms with Crippen molar-refractivity contribution in [1.82, 2.24) is 10.3 Å². The summed E-state index contributed by atoms with van der Waals surface area (Å²) in [6.45, 7) is 4.98. The number of hydrogen-bond acceptors (Lipinski definition) is 4. The summed E-state index contributed by atoms with van der Waals surface area (Å²) in [5.41, 5.74) is 0.805. The van der Waals surface area contributed by atoms with Gasteiger partial charge in [0, 0.05) is 31.6 Å². The zero-order valence-electron chi connectivity index (χ0n) is 15.9.